The van der Waals surface area contributed by atoms with Gasteiger partial charge in [-0.05, 0) is 44.0 Å². The lowest BCUT2D eigenvalue weighted by molar-refractivity contribution is -0.121. The summed E-state index contributed by atoms with van der Waals surface area (Å²) in [6, 6.07) is 5.72. The highest BCUT2D eigenvalue weighted by molar-refractivity contribution is 7.91. The third-order valence-electron chi connectivity index (χ3n) is 5.66. The number of nitrogens with zero attached hydrogens (tertiary/aromatic N) is 3. The number of aromatic nitrogens is 1. The lowest BCUT2D eigenvalue weighted by Gasteiger charge is -2.20. The summed E-state index contributed by atoms with van der Waals surface area (Å²) in [5.41, 5.74) is 0.743. The number of thiophene rings is 1. The Hall–Kier alpha value is -1.96. The summed E-state index contributed by atoms with van der Waals surface area (Å²) in [5.74, 6) is 0.731. The van der Waals surface area contributed by atoms with Crippen molar-refractivity contribution >= 4 is 60.4 Å². The maximum absolute atomic E-state index is 13.4. The van der Waals surface area contributed by atoms with Crippen LogP contribution in [0.15, 0.2) is 33.5 Å². The van der Waals surface area contributed by atoms with Crippen molar-refractivity contribution in [1.82, 2.24) is 8.87 Å². The lowest BCUT2D eigenvalue weighted by atomic mass is 10.2. The number of hydrogen-bond acceptors (Lipinski definition) is 8. The van der Waals surface area contributed by atoms with Crippen LogP contribution in [0.25, 0.3) is 10.2 Å². The number of thiazole rings is 1. The van der Waals surface area contributed by atoms with Crippen molar-refractivity contribution in [3.8, 4) is 11.5 Å². The van der Waals surface area contributed by atoms with E-state index < -0.39 is 22.0 Å². The average Bonchev–Trinajstić information content (AvgIpc) is 3.58. The molecule has 0 aliphatic carbocycles. The van der Waals surface area contributed by atoms with Crippen LogP contribution in [-0.4, -0.2) is 63.2 Å². The number of benzene rings is 1. The number of hydrogen-bond donors (Lipinski definition) is 0. The first-order valence-corrected chi connectivity index (χ1v) is 14.4. The van der Waals surface area contributed by atoms with Gasteiger partial charge in [-0.2, -0.15) is 9.30 Å². The van der Waals surface area contributed by atoms with Crippen LogP contribution in [0.1, 0.15) is 19.8 Å². The summed E-state index contributed by atoms with van der Waals surface area (Å²) in [6.07, 6.45) is 0.972. The fraction of sp³-hybridized carbons (Fsp3) is 0.455. The van der Waals surface area contributed by atoms with Crippen molar-refractivity contribution in [1.29, 1.82) is 0 Å². The Morgan fingerprint density at radius 3 is 2.57 bits per heavy atom. The van der Waals surface area contributed by atoms with E-state index in [1.165, 1.54) is 27.8 Å². The summed E-state index contributed by atoms with van der Waals surface area (Å²) in [7, 11) is -0.705. The molecule has 3 aromatic rings. The van der Waals surface area contributed by atoms with Crippen LogP contribution in [0.3, 0.4) is 0 Å². The maximum Gasteiger partial charge on any atom is 0.266 e. The predicted octanol–water partition coefficient (Wildman–Crippen LogP) is 3.75. The molecule has 1 atom stereocenters. The summed E-state index contributed by atoms with van der Waals surface area (Å²) in [6.45, 7) is 3.56. The van der Waals surface area contributed by atoms with Gasteiger partial charge >= 0.3 is 0 Å². The molecule has 190 valence electrons. The van der Waals surface area contributed by atoms with Gasteiger partial charge in [0.1, 0.15) is 32.0 Å². The summed E-state index contributed by atoms with van der Waals surface area (Å²) < 4.78 is 47.4. The first-order chi connectivity index (χ1) is 16.8. The Bertz CT molecular complexity index is 1400. The Balaban J connectivity index is 1.78. The number of carbonyl (C=O) groups is 1. The molecule has 1 saturated heterocycles. The van der Waals surface area contributed by atoms with Gasteiger partial charge in [0.25, 0.3) is 15.9 Å². The molecule has 0 saturated carbocycles. The van der Waals surface area contributed by atoms with Gasteiger partial charge in [0.05, 0.1) is 25.2 Å². The third-order valence-corrected chi connectivity index (χ3v) is 10.4. The van der Waals surface area contributed by atoms with Gasteiger partial charge in [0, 0.05) is 19.7 Å². The molecular weight excluding hydrogens is 534 g/mol. The van der Waals surface area contributed by atoms with Crippen molar-refractivity contribution in [3.05, 3.63) is 33.4 Å². The highest BCUT2D eigenvalue weighted by Crippen LogP contribution is 2.36. The van der Waals surface area contributed by atoms with Gasteiger partial charge in [-0.3, -0.25) is 4.79 Å². The number of methoxy groups -OCH3 is 2. The minimum absolute atomic E-state index is 0.116. The molecule has 0 spiro atoms. The first-order valence-electron chi connectivity index (χ1n) is 11.0. The number of halogens is 1. The predicted molar refractivity (Wildman–Crippen MR) is 136 cm³/mol. The molecule has 2 aromatic heterocycles. The lowest BCUT2D eigenvalue weighted by Crippen LogP contribution is -2.40. The van der Waals surface area contributed by atoms with Gasteiger partial charge in [-0.1, -0.05) is 22.9 Å². The van der Waals surface area contributed by atoms with E-state index in [2.05, 4.69) is 4.99 Å². The van der Waals surface area contributed by atoms with Crippen LogP contribution in [0.4, 0.5) is 0 Å². The monoisotopic (exact) mass is 559 g/mol. The highest BCUT2D eigenvalue weighted by atomic mass is 35.5. The normalized spacial score (nSPS) is 17.4. The zero-order valence-electron chi connectivity index (χ0n) is 19.5. The molecule has 1 unspecified atom stereocenters. The zero-order chi connectivity index (χ0) is 25.2. The fourth-order valence-corrected chi connectivity index (χ4v) is 8.48. The van der Waals surface area contributed by atoms with E-state index in [-0.39, 0.29) is 10.8 Å². The van der Waals surface area contributed by atoms with Gasteiger partial charge < -0.3 is 18.8 Å². The van der Waals surface area contributed by atoms with E-state index in [0.29, 0.717) is 53.2 Å². The SMILES string of the molecule is CCOCCn1c(=NC(=O)C2CCCN2S(=O)(=O)c2ccc(Cl)s2)sc2c(OC)ccc(OC)c21. The molecule has 1 aliphatic heterocycles. The number of sulfonamides is 1. The van der Waals surface area contributed by atoms with Gasteiger partial charge in [0.15, 0.2) is 4.80 Å². The quantitative estimate of drug-likeness (QED) is 0.370. The Morgan fingerprint density at radius 1 is 1.17 bits per heavy atom. The van der Waals surface area contributed by atoms with Gasteiger partial charge in [-0.25, -0.2) is 8.42 Å². The molecule has 13 heteroatoms. The smallest absolute Gasteiger partial charge is 0.266 e. The van der Waals surface area contributed by atoms with Gasteiger partial charge in [-0.15, -0.1) is 11.3 Å². The Kier molecular flexibility index (Phi) is 8.19. The standard InChI is InChI=1S/C22H26ClN3O6S3/c1-4-32-13-12-25-19-15(30-2)7-8-16(31-3)20(19)34-22(25)24-21(27)14-6-5-11-26(14)35(28,29)18-10-9-17(23)33-18/h7-10,14H,4-6,11-13H2,1-3H3. The van der Waals surface area contributed by atoms with Crippen molar-refractivity contribution in [2.24, 2.45) is 4.99 Å². The van der Waals surface area contributed by atoms with Crippen molar-refractivity contribution in [2.75, 3.05) is 34.0 Å². The third kappa shape index (κ3) is 5.13. The number of carbonyl (C=O) groups excluding carboxylic acids is 1. The minimum atomic E-state index is -3.85. The Morgan fingerprint density at radius 2 is 1.91 bits per heavy atom. The first kappa shape index (κ1) is 26.1. The van der Waals surface area contributed by atoms with Crippen molar-refractivity contribution < 1.29 is 27.4 Å². The molecule has 4 rings (SSSR count). The van der Waals surface area contributed by atoms with Crippen LogP contribution >= 0.6 is 34.3 Å². The van der Waals surface area contributed by atoms with E-state index in [0.717, 1.165) is 21.6 Å². The Labute approximate surface area is 216 Å². The molecule has 35 heavy (non-hydrogen) atoms. The molecule has 1 aliphatic rings. The molecular formula is C22H26ClN3O6S3. The van der Waals surface area contributed by atoms with Crippen LogP contribution in [0.5, 0.6) is 11.5 Å². The van der Waals surface area contributed by atoms with E-state index in [1.807, 2.05) is 11.5 Å². The number of amides is 1. The number of ether oxygens (including phenoxy) is 3. The van der Waals surface area contributed by atoms with Crippen LogP contribution in [0, 0.1) is 0 Å². The molecule has 9 nitrogen and oxygen atoms in total. The average molecular weight is 560 g/mol. The topological polar surface area (TPSA) is 99.4 Å². The molecule has 1 amide bonds. The molecule has 1 aromatic carbocycles. The van der Waals surface area contributed by atoms with Crippen LogP contribution < -0.4 is 14.3 Å². The van der Waals surface area contributed by atoms with Crippen molar-refractivity contribution in [3.63, 3.8) is 0 Å². The molecule has 3 heterocycles. The van der Waals surface area contributed by atoms with E-state index in [9.17, 15) is 13.2 Å². The second-order valence-corrected chi connectivity index (χ2v) is 12.5. The second kappa shape index (κ2) is 11.0. The van der Waals surface area contributed by atoms with Crippen molar-refractivity contribution in [2.45, 2.75) is 36.6 Å². The van der Waals surface area contributed by atoms with Crippen LogP contribution in [0.2, 0.25) is 4.34 Å². The van der Waals surface area contributed by atoms with E-state index in [1.54, 1.807) is 26.4 Å². The van der Waals surface area contributed by atoms with Crippen LogP contribution in [-0.2, 0) is 26.1 Å². The molecule has 0 radical (unpaired) electrons. The fourth-order valence-electron chi connectivity index (χ4n) is 4.04. The molecule has 0 N–H and O–H groups in total. The minimum Gasteiger partial charge on any atom is -0.495 e. The highest BCUT2D eigenvalue weighted by Gasteiger charge is 2.40. The largest absolute Gasteiger partial charge is 0.495 e. The summed E-state index contributed by atoms with van der Waals surface area (Å²) >= 11 is 8.22. The summed E-state index contributed by atoms with van der Waals surface area (Å²) in [4.78, 5) is 18.2. The number of fused-ring (bicyclic) bond motifs is 1. The van der Waals surface area contributed by atoms with Gasteiger partial charge in [0.2, 0.25) is 0 Å². The second-order valence-electron chi connectivity index (χ2n) is 7.66. The molecule has 0 bridgehead atoms. The molecule has 1 fully saturated rings. The maximum atomic E-state index is 13.4. The van der Waals surface area contributed by atoms with E-state index >= 15 is 0 Å². The van der Waals surface area contributed by atoms with E-state index in [4.69, 9.17) is 25.8 Å². The zero-order valence-corrected chi connectivity index (χ0v) is 22.7. The summed E-state index contributed by atoms with van der Waals surface area (Å²) in [5, 5.41) is 0. The number of rotatable bonds is 9.